The molecule has 122 valence electrons. The van der Waals surface area contributed by atoms with Crippen molar-refractivity contribution in [2.75, 3.05) is 5.32 Å². The predicted octanol–water partition coefficient (Wildman–Crippen LogP) is 2.69. The standard InChI is InChI=1S/C17H11N5O2S/c23-14-9-12(11-3-1-2-4-13(11)19-14)15(24)20-17-22-21-16(25-17)10-5-7-18-8-6-10/h1-9H,(H,19,23)(H,20,22,24). The Balaban J connectivity index is 1.65. The highest BCUT2D eigenvalue weighted by atomic mass is 32.1. The molecule has 0 unspecified atom stereocenters. The lowest BCUT2D eigenvalue weighted by atomic mass is 10.1. The molecule has 2 N–H and O–H groups in total. The number of pyridine rings is 2. The number of H-pyrrole nitrogens is 1. The highest BCUT2D eigenvalue weighted by Crippen LogP contribution is 2.26. The molecule has 0 saturated carbocycles. The van der Waals surface area contributed by atoms with Crippen LogP contribution in [0.1, 0.15) is 10.4 Å². The Kier molecular flexibility index (Phi) is 3.79. The topological polar surface area (TPSA) is 101 Å². The summed E-state index contributed by atoms with van der Waals surface area (Å²) in [5.74, 6) is -0.403. The molecule has 0 aliphatic heterocycles. The Bertz CT molecular complexity index is 1120. The number of amides is 1. The Morgan fingerprint density at radius 1 is 1.08 bits per heavy atom. The molecule has 0 fully saturated rings. The number of anilines is 1. The largest absolute Gasteiger partial charge is 0.322 e. The van der Waals surface area contributed by atoms with Crippen LogP contribution in [0.25, 0.3) is 21.5 Å². The Morgan fingerprint density at radius 2 is 1.88 bits per heavy atom. The number of nitrogens with zero attached hydrogens (tertiary/aromatic N) is 3. The maximum absolute atomic E-state index is 12.6. The molecule has 1 aromatic carbocycles. The zero-order valence-electron chi connectivity index (χ0n) is 12.8. The van der Waals surface area contributed by atoms with Crippen molar-refractivity contribution in [1.29, 1.82) is 0 Å². The average molecular weight is 349 g/mol. The lowest BCUT2D eigenvalue weighted by Crippen LogP contribution is -2.16. The van der Waals surface area contributed by atoms with Gasteiger partial charge in [0, 0.05) is 34.9 Å². The molecule has 25 heavy (non-hydrogen) atoms. The van der Waals surface area contributed by atoms with Crippen molar-refractivity contribution in [2.24, 2.45) is 0 Å². The maximum atomic E-state index is 12.6. The number of aromatic nitrogens is 4. The fourth-order valence-corrected chi connectivity index (χ4v) is 3.19. The summed E-state index contributed by atoms with van der Waals surface area (Å²) >= 11 is 1.25. The van der Waals surface area contributed by atoms with Gasteiger partial charge in [0.15, 0.2) is 0 Å². The van der Waals surface area contributed by atoms with Crippen molar-refractivity contribution in [3.05, 3.63) is 70.8 Å². The molecule has 7 nitrogen and oxygen atoms in total. The zero-order chi connectivity index (χ0) is 17.2. The second-order valence-electron chi connectivity index (χ2n) is 5.20. The summed E-state index contributed by atoms with van der Waals surface area (Å²) < 4.78 is 0. The van der Waals surface area contributed by atoms with E-state index in [9.17, 15) is 9.59 Å². The van der Waals surface area contributed by atoms with Crippen LogP contribution in [0, 0.1) is 0 Å². The quantitative estimate of drug-likeness (QED) is 0.592. The van der Waals surface area contributed by atoms with E-state index in [0.29, 0.717) is 26.6 Å². The van der Waals surface area contributed by atoms with E-state index in [1.165, 1.54) is 17.4 Å². The first kappa shape index (κ1) is 15.2. The van der Waals surface area contributed by atoms with Crippen molar-refractivity contribution in [2.45, 2.75) is 0 Å². The van der Waals surface area contributed by atoms with Gasteiger partial charge in [0.2, 0.25) is 10.7 Å². The molecule has 0 aliphatic carbocycles. The van der Waals surface area contributed by atoms with Gasteiger partial charge in [-0.3, -0.25) is 19.9 Å². The normalized spacial score (nSPS) is 10.7. The molecule has 8 heteroatoms. The van der Waals surface area contributed by atoms with Gasteiger partial charge < -0.3 is 4.98 Å². The third-order valence-electron chi connectivity index (χ3n) is 3.57. The molecule has 0 radical (unpaired) electrons. The van der Waals surface area contributed by atoms with Crippen LogP contribution in [0.5, 0.6) is 0 Å². The van der Waals surface area contributed by atoms with E-state index in [0.717, 1.165) is 5.56 Å². The Hall–Kier alpha value is -3.39. The molecule has 0 atom stereocenters. The molecule has 4 aromatic rings. The van der Waals surface area contributed by atoms with Crippen LogP contribution in [0.2, 0.25) is 0 Å². The lowest BCUT2D eigenvalue weighted by Gasteiger charge is -2.05. The van der Waals surface area contributed by atoms with E-state index >= 15 is 0 Å². The van der Waals surface area contributed by atoms with Gasteiger partial charge in [-0.15, -0.1) is 10.2 Å². The molecule has 0 bridgehead atoms. The van der Waals surface area contributed by atoms with Gasteiger partial charge in [0.25, 0.3) is 5.91 Å². The van der Waals surface area contributed by atoms with Crippen molar-refractivity contribution < 1.29 is 4.79 Å². The highest BCUT2D eigenvalue weighted by Gasteiger charge is 2.14. The highest BCUT2D eigenvalue weighted by molar-refractivity contribution is 7.18. The number of benzene rings is 1. The van der Waals surface area contributed by atoms with Crippen molar-refractivity contribution >= 4 is 33.3 Å². The van der Waals surface area contributed by atoms with Crippen LogP contribution >= 0.6 is 11.3 Å². The van der Waals surface area contributed by atoms with Gasteiger partial charge in [-0.2, -0.15) is 0 Å². The van der Waals surface area contributed by atoms with E-state index in [-0.39, 0.29) is 5.56 Å². The van der Waals surface area contributed by atoms with Crippen LogP contribution in [0.3, 0.4) is 0 Å². The summed E-state index contributed by atoms with van der Waals surface area (Å²) in [6.07, 6.45) is 3.33. The summed E-state index contributed by atoms with van der Waals surface area (Å²) in [5, 5.41) is 12.5. The number of nitrogens with one attached hydrogen (secondary N) is 2. The minimum Gasteiger partial charge on any atom is -0.322 e. The Labute approximate surface area is 145 Å². The number of fused-ring (bicyclic) bond motifs is 1. The second kappa shape index (κ2) is 6.25. The number of para-hydroxylation sites is 1. The van der Waals surface area contributed by atoms with E-state index in [2.05, 4.69) is 25.5 Å². The number of hydrogen-bond donors (Lipinski definition) is 2. The molecule has 4 rings (SSSR count). The molecular formula is C17H11N5O2S. The Morgan fingerprint density at radius 3 is 2.72 bits per heavy atom. The third kappa shape index (κ3) is 3.02. The summed E-state index contributed by atoms with van der Waals surface area (Å²) in [5.41, 5.74) is 1.43. The van der Waals surface area contributed by atoms with Gasteiger partial charge in [0.1, 0.15) is 5.01 Å². The smallest absolute Gasteiger partial charge is 0.258 e. The number of carbonyl (C=O) groups is 1. The number of hydrogen-bond acceptors (Lipinski definition) is 6. The van der Waals surface area contributed by atoms with Crippen LogP contribution in [-0.2, 0) is 0 Å². The molecule has 0 saturated heterocycles. The summed E-state index contributed by atoms with van der Waals surface area (Å²) in [6, 6.07) is 12.0. The first-order chi connectivity index (χ1) is 12.2. The first-order valence-corrected chi connectivity index (χ1v) is 8.20. The number of carbonyl (C=O) groups excluding carboxylic acids is 1. The second-order valence-corrected chi connectivity index (χ2v) is 6.17. The molecule has 3 aromatic heterocycles. The monoisotopic (exact) mass is 349 g/mol. The van der Waals surface area contributed by atoms with Gasteiger partial charge in [-0.1, -0.05) is 29.5 Å². The minimum absolute atomic E-state index is 0.292. The van der Waals surface area contributed by atoms with E-state index < -0.39 is 5.91 Å². The van der Waals surface area contributed by atoms with Crippen LogP contribution in [0.4, 0.5) is 5.13 Å². The average Bonchev–Trinajstić information content (AvgIpc) is 3.10. The van der Waals surface area contributed by atoms with Crippen LogP contribution < -0.4 is 10.9 Å². The fraction of sp³-hybridized carbons (Fsp3) is 0. The SMILES string of the molecule is O=C(Nc1nnc(-c2ccncc2)s1)c1cc(=O)[nH]c2ccccc12. The molecular weight excluding hydrogens is 338 g/mol. The van der Waals surface area contributed by atoms with Crippen LogP contribution in [-0.4, -0.2) is 26.1 Å². The summed E-state index contributed by atoms with van der Waals surface area (Å²) in [7, 11) is 0. The fourth-order valence-electron chi connectivity index (χ4n) is 2.44. The first-order valence-electron chi connectivity index (χ1n) is 7.38. The summed E-state index contributed by atoms with van der Waals surface area (Å²) in [4.78, 5) is 31.0. The molecule has 1 amide bonds. The molecule has 0 aliphatic rings. The predicted molar refractivity (Wildman–Crippen MR) is 95.7 cm³/mol. The number of aromatic amines is 1. The minimum atomic E-state index is -0.403. The van der Waals surface area contributed by atoms with E-state index in [4.69, 9.17) is 0 Å². The third-order valence-corrected chi connectivity index (χ3v) is 4.46. The van der Waals surface area contributed by atoms with E-state index in [1.807, 2.05) is 18.2 Å². The molecule has 0 spiro atoms. The molecule has 3 heterocycles. The van der Waals surface area contributed by atoms with Gasteiger partial charge in [-0.25, -0.2) is 0 Å². The van der Waals surface area contributed by atoms with Gasteiger partial charge in [-0.05, 0) is 18.2 Å². The lowest BCUT2D eigenvalue weighted by molar-refractivity contribution is 0.102. The van der Waals surface area contributed by atoms with Gasteiger partial charge in [0.05, 0.1) is 5.56 Å². The number of rotatable bonds is 3. The van der Waals surface area contributed by atoms with Gasteiger partial charge >= 0.3 is 0 Å². The maximum Gasteiger partial charge on any atom is 0.258 e. The zero-order valence-corrected chi connectivity index (χ0v) is 13.6. The summed E-state index contributed by atoms with van der Waals surface area (Å²) in [6.45, 7) is 0. The van der Waals surface area contributed by atoms with Crippen molar-refractivity contribution in [3.8, 4) is 10.6 Å². The van der Waals surface area contributed by atoms with Crippen LogP contribution in [0.15, 0.2) is 59.7 Å². The van der Waals surface area contributed by atoms with Crippen molar-refractivity contribution in [3.63, 3.8) is 0 Å². The van der Waals surface area contributed by atoms with E-state index in [1.54, 1.807) is 30.6 Å². The van der Waals surface area contributed by atoms with Crippen molar-refractivity contribution in [1.82, 2.24) is 20.2 Å².